The van der Waals surface area contributed by atoms with Crippen LogP contribution in [0.3, 0.4) is 0 Å². The van der Waals surface area contributed by atoms with E-state index in [0.29, 0.717) is 50.2 Å². The van der Waals surface area contributed by atoms with Crippen molar-refractivity contribution >= 4 is 34.8 Å². The Balaban J connectivity index is 1.36. The summed E-state index contributed by atoms with van der Waals surface area (Å²) >= 11 is 12.0. The summed E-state index contributed by atoms with van der Waals surface area (Å²) in [5.41, 5.74) is 1.23. The Labute approximate surface area is 217 Å². The summed E-state index contributed by atoms with van der Waals surface area (Å²) in [5.74, 6) is 2.09. The number of methoxy groups -OCH3 is 2. The summed E-state index contributed by atoms with van der Waals surface area (Å²) in [4.78, 5) is 12.4. The Morgan fingerprint density at radius 1 is 1.03 bits per heavy atom. The van der Waals surface area contributed by atoms with E-state index in [0.717, 1.165) is 0 Å². The van der Waals surface area contributed by atoms with Crippen LogP contribution in [-0.2, 0) is 4.79 Å². The van der Waals surface area contributed by atoms with Gasteiger partial charge in [0, 0.05) is 17.2 Å². The first-order valence-corrected chi connectivity index (χ1v) is 11.6. The van der Waals surface area contributed by atoms with Gasteiger partial charge in [0.05, 0.1) is 31.4 Å². The normalized spacial score (nSPS) is 11.7. The molecule has 0 aliphatic carbocycles. The number of fused-ring (bicyclic) bond motifs is 1. The second-order valence-electron chi connectivity index (χ2n) is 7.51. The zero-order valence-electron chi connectivity index (χ0n) is 19.7. The minimum Gasteiger partial charge on any atom is -0.497 e. The van der Waals surface area contributed by atoms with Crippen LogP contribution in [0.2, 0.25) is 10.0 Å². The highest BCUT2D eigenvalue weighted by molar-refractivity contribution is 6.35. The lowest BCUT2D eigenvalue weighted by Gasteiger charge is -2.16. The molecule has 0 fully saturated rings. The third kappa shape index (κ3) is 5.72. The Hall–Kier alpha value is -3.76. The van der Waals surface area contributed by atoms with Crippen molar-refractivity contribution in [1.82, 2.24) is 25.1 Å². The maximum atomic E-state index is 12.4. The van der Waals surface area contributed by atoms with E-state index in [2.05, 4.69) is 20.6 Å². The molecule has 36 heavy (non-hydrogen) atoms. The van der Waals surface area contributed by atoms with Gasteiger partial charge in [-0.1, -0.05) is 23.2 Å². The third-order valence-electron chi connectivity index (χ3n) is 5.11. The quantitative estimate of drug-likeness (QED) is 0.305. The molecule has 0 aliphatic rings. The Kier molecular flexibility index (Phi) is 7.97. The first-order chi connectivity index (χ1) is 17.4. The minimum absolute atomic E-state index is 0.183. The molecule has 0 spiro atoms. The summed E-state index contributed by atoms with van der Waals surface area (Å²) in [6, 6.07) is 13.6. The molecule has 1 atom stereocenters. The van der Waals surface area contributed by atoms with Gasteiger partial charge in [0.25, 0.3) is 5.91 Å². The van der Waals surface area contributed by atoms with Crippen molar-refractivity contribution < 1.29 is 23.7 Å². The lowest BCUT2D eigenvalue weighted by molar-refractivity contribution is -0.127. The van der Waals surface area contributed by atoms with Gasteiger partial charge in [0.1, 0.15) is 23.9 Å². The summed E-state index contributed by atoms with van der Waals surface area (Å²) in [6.45, 7) is 2.04. The minimum atomic E-state index is -0.766. The van der Waals surface area contributed by atoms with Gasteiger partial charge < -0.3 is 24.3 Å². The zero-order valence-corrected chi connectivity index (χ0v) is 21.2. The van der Waals surface area contributed by atoms with Crippen molar-refractivity contribution in [1.29, 1.82) is 0 Å². The monoisotopic (exact) mass is 531 g/mol. The average Bonchev–Trinajstić information content (AvgIpc) is 3.30. The van der Waals surface area contributed by atoms with Crippen molar-refractivity contribution in [3.05, 3.63) is 58.6 Å². The van der Waals surface area contributed by atoms with Crippen LogP contribution in [0.25, 0.3) is 17.0 Å². The highest BCUT2D eigenvalue weighted by Crippen LogP contribution is 2.32. The van der Waals surface area contributed by atoms with Crippen LogP contribution in [-0.4, -0.2) is 59.2 Å². The lowest BCUT2D eigenvalue weighted by atomic mass is 10.2. The van der Waals surface area contributed by atoms with Gasteiger partial charge in [-0.3, -0.25) is 4.79 Å². The Bertz CT molecular complexity index is 1380. The highest BCUT2D eigenvalue weighted by atomic mass is 35.5. The fourth-order valence-corrected chi connectivity index (χ4v) is 3.74. The van der Waals surface area contributed by atoms with E-state index in [1.165, 1.54) is 0 Å². The summed E-state index contributed by atoms with van der Waals surface area (Å²) in [5, 5.41) is 16.4. The lowest BCUT2D eigenvalue weighted by Crippen LogP contribution is -2.38. The number of benzene rings is 2. The number of rotatable bonds is 10. The van der Waals surface area contributed by atoms with Gasteiger partial charge in [-0.05, 0) is 43.3 Å². The van der Waals surface area contributed by atoms with Crippen molar-refractivity contribution in [3.63, 3.8) is 0 Å². The van der Waals surface area contributed by atoms with Crippen molar-refractivity contribution in [2.24, 2.45) is 0 Å². The van der Waals surface area contributed by atoms with Gasteiger partial charge in [-0.2, -0.15) is 4.52 Å². The van der Waals surface area contributed by atoms with E-state index in [1.807, 2.05) is 6.07 Å². The van der Waals surface area contributed by atoms with Gasteiger partial charge in [-0.15, -0.1) is 15.3 Å². The van der Waals surface area contributed by atoms with E-state index >= 15 is 0 Å². The van der Waals surface area contributed by atoms with Crippen LogP contribution < -0.4 is 24.3 Å². The van der Waals surface area contributed by atoms with Crippen LogP contribution in [0.1, 0.15) is 6.92 Å². The number of amides is 1. The molecule has 10 nitrogen and oxygen atoms in total. The molecule has 1 unspecified atom stereocenters. The first kappa shape index (κ1) is 25.3. The van der Waals surface area contributed by atoms with Crippen molar-refractivity contribution in [3.8, 4) is 34.5 Å². The van der Waals surface area contributed by atoms with E-state index in [-0.39, 0.29) is 19.1 Å². The molecular weight excluding hydrogens is 509 g/mol. The summed E-state index contributed by atoms with van der Waals surface area (Å²) in [7, 11) is 3.14. The van der Waals surface area contributed by atoms with E-state index < -0.39 is 6.10 Å². The Morgan fingerprint density at radius 2 is 1.86 bits per heavy atom. The number of hydrogen-bond donors (Lipinski definition) is 1. The molecule has 2 aromatic carbocycles. The van der Waals surface area contributed by atoms with E-state index in [4.69, 9.17) is 42.1 Å². The fourth-order valence-electron chi connectivity index (χ4n) is 3.29. The molecule has 0 bridgehead atoms. The van der Waals surface area contributed by atoms with Crippen LogP contribution in [0.4, 0.5) is 0 Å². The number of nitrogens with one attached hydrogen (secondary N) is 1. The van der Waals surface area contributed by atoms with E-state index in [1.54, 1.807) is 68.1 Å². The van der Waals surface area contributed by atoms with Crippen LogP contribution >= 0.6 is 23.2 Å². The van der Waals surface area contributed by atoms with Gasteiger partial charge in [0.15, 0.2) is 17.6 Å². The van der Waals surface area contributed by atoms with E-state index in [9.17, 15) is 4.79 Å². The van der Waals surface area contributed by atoms with Gasteiger partial charge in [-0.25, -0.2) is 0 Å². The molecule has 4 aromatic rings. The number of halogens is 2. The Morgan fingerprint density at radius 3 is 2.61 bits per heavy atom. The maximum Gasteiger partial charge on any atom is 0.260 e. The molecule has 2 heterocycles. The van der Waals surface area contributed by atoms with Crippen molar-refractivity contribution in [2.75, 3.05) is 27.4 Å². The number of nitrogens with zero attached hydrogens (tertiary/aromatic N) is 4. The molecule has 0 radical (unpaired) electrons. The molecular formula is C24H23Cl2N5O5. The second-order valence-corrected chi connectivity index (χ2v) is 8.35. The average molecular weight is 532 g/mol. The predicted molar refractivity (Wildman–Crippen MR) is 134 cm³/mol. The zero-order chi connectivity index (χ0) is 25.7. The molecule has 1 N–H and O–H groups in total. The summed E-state index contributed by atoms with van der Waals surface area (Å²) in [6.07, 6.45) is -0.766. The molecule has 0 aliphatic heterocycles. The SMILES string of the molecule is COc1ccc(-c2nnc3ccc(OCCNC(=O)C(C)Oc4ccc(Cl)cc4Cl)nn23)c(OC)c1. The number of carbonyl (C=O) groups excluding carboxylic acids is 1. The predicted octanol–water partition coefficient (Wildman–Crippen LogP) is 4.08. The van der Waals surface area contributed by atoms with Crippen LogP contribution in [0.5, 0.6) is 23.1 Å². The van der Waals surface area contributed by atoms with Gasteiger partial charge >= 0.3 is 0 Å². The molecule has 1 amide bonds. The number of aromatic nitrogens is 4. The van der Waals surface area contributed by atoms with Crippen LogP contribution in [0, 0.1) is 0 Å². The number of carbonyl (C=O) groups is 1. The molecule has 188 valence electrons. The molecule has 0 saturated heterocycles. The second kappa shape index (κ2) is 11.3. The van der Waals surface area contributed by atoms with Crippen molar-refractivity contribution in [2.45, 2.75) is 13.0 Å². The van der Waals surface area contributed by atoms with Crippen LogP contribution in [0.15, 0.2) is 48.5 Å². The topological polar surface area (TPSA) is 109 Å². The first-order valence-electron chi connectivity index (χ1n) is 10.9. The molecule has 0 saturated carbocycles. The molecule has 12 heteroatoms. The maximum absolute atomic E-state index is 12.4. The third-order valence-corrected chi connectivity index (χ3v) is 5.64. The smallest absolute Gasteiger partial charge is 0.260 e. The number of hydrogen-bond acceptors (Lipinski definition) is 8. The molecule has 2 aromatic heterocycles. The summed E-state index contributed by atoms with van der Waals surface area (Å²) < 4.78 is 23.6. The fraction of sp³-hybridized carbons (Fsp3) is 0.250. The highest BCUT2D eigenvalue weighted by Gasteiger charge is 2.17. The standard InChI is InChI=1S/C24H23Cl2N5O5/c1-14(36-19-7-4-15(25)12-18(19)26)24(32)27-10-11-35-22-9-8-21-28-29-23(31(21)30-22)17-6-5-16(33-2)13-20(17)34-3/h4-9,12-14H,10-11H2,1-3H3,(H,27,32). The largest absolute Gasteiger partial charge is 0.497 e. The van der Waals surface area contributed by atoms with Gasteiger partial charge in [0.2, 0.25) is 5.88 Å². The number of ether oxygens (including phenoxy) is 4. The molecule has 4 rings (SSSR count).